The molecule has 0 saturated carbocycles. The second-order valence-corrected chi connectivity index (χ2v) is 7.58. The van der Waals surface area contributed by atoms with Crippen molar-refractivity contribution >= 4 is 22.4 Å². The summed E-state index contributed by atoms with van der Waals surface area (Å²) in [6.45, 7) is 6.71. The summed E-state index contributed by atoms with van der Waals surface area (Å²) in [6.07, 6.45) is 1.60. The molecule has 1 aliphatic rings. The van der Waals surface area contributed by atoms with Gasteiger partial charge in [0, 0.05) is 51.0 Å². The van der Waals surface area contributed by atoms with Crippen molar-refractivity contribution in [3.8, 4) is 0 Å². The predicted molar refractivity (Wildman–Crippen MR) is 113 cm³/mol. The number of piperazine rings is 1. The lowest BCUT2D eigenvalue weighted by molar-refractivity contribution is 0.573. The number of hydrogen-bond acceptors (Lipinski definition) is 6. The van der Waals surface area contributed by atoms with Crippen molar-refractivity contribution < 1.29 is 0 Å². The average molecular weight is 396 g/mol. The highest BCUT2D eigenvalue weighted by Gasteiger charge is 2.19. The summed E-state index contributed by atoms with van der Waals surface area (Å²) in [5.41, 5.74) is 0.920. The molecule has 3 aromatic rings. The molecule has 1 fully saturated rings. The molecule has 9 heteroatoms. The summed E-state index contributed by atoms with van der Waals surface area (Å²) < 4.78 is 2.68. The topological polar surface area (TPSA) is 96.2 Å². The number of benzene rings is 1. The first-order valence-corrected chi connectivity index (χ1v) is 9.66. The molecule has 2 aromatic heterocycles. The highest BCUT2D eigenvalue weighted by molar-refractivity contribution is 5.81. The van der Waals surface area contributed by atoms with E-state index in [9.17, 15) is 14.4 Å². The molecule has 0 radical (unpaired) electrons. The number of aromatic nitrogens is 4. The second-order valence-electron chi connectivity index (χ2n) is 7.58. The first-order chi connectivity index (χ1) is 13.8. The van der Waals surface area contributed by atoms with Gasteiger partial charge in [-0.3, -0.25) is 23.7 Å². The van der Waals surface area contributed by atoms with Gasteiger partial charge in [-0.05, 0) is 32.0 Å². The predicted octanol–water partition coefficient (Wildman–Crippen LogP) is 0.691. The van der Waals surface area contributed by atoms with Crippen molar-refractivity contribution in [1.29, 1.82) is 0 Å². The normalized spacial score (nSPS) is 14.8. The van der Waals surface area contributed by atoms with E-state index in [1.165, 1.54) is 13.1 Å². The lowest BCUT2D eigenvalue weighted by atomic mass is 10.2. The molecule has 0 aliphatic carbocycles. The first kappa shape index (κ1) is 19.0. The van der Waals surface area contributed by atoms with Crippen LogP contribution in [0.3, 0.4) is 0 Å². The molecule has 9 nitrogen and oxygen atoms in total. The molecular weight excluding hydrogens is 372 g/mol. The number of hydrogen-bond donors (Lipinski definition) is 1. The van der Waals surface area contributed by atoms with Gasteiger partial charge in [-0.1, -0.05) is 0 Å². The fourth-order valence-corrected chi connectivity index (χ4v) is 3.61. The van der Waals surface area contributed by atoms with E-state index in [4.69, 9.17) is 0 Å². The van der Waals surface area contributed by atoms with E-state index in [1.807, 2.05) is 36.9 Å². The summed E-state index contributed by atoms with van der Waals surface area (Å²) in [7, 11) is 1.45. The van der Waals surface area contributed by atoms with Crippen molar-refractivity contribution in [3.63, 3.8) is 0 Å². The number of H-pyrrole nitrogens is 1. The maximum absolute atomic E-state index is 12.6. The van der Waals surface area contributed by atoms with Gasteiger partial charge in [0.25, 0.3) is 11.1 Å². The monoisotopic (exact) mass is 396 g/mol. The van der Waals surface area contributed by atoms with Crippen LogP contribution in [-0.4, -0.2) is 45.3 Å². The van der Waals surface area contributed by atoms with Crippen molar-refractivity contribution in [2.75, 3.05) is 36.0 Å². The highest BCUT2D eigenvalue weighted by Crippen LogP contribution is 2.21. The Morgan fingerprint density at radius 3 is 2.34 bits per heavy atom. The van der Waals surface area contributed by atoms with Crippen LogP contribution in [0.1, 0.15) is 19.9 Å². The van der Waals surface area contributed by atoms with Gasteiger partial charge < -0.3 is 9.80 Å². The maximum Gasteiger partial charge on any atom is 0.329 e. The number of aromatic amines is 1. The fraction of sp³-hybridized carbons (Fsp3) is 0.400. The van der Waals surface area contributed by atoms with Gasteiger partial charge in [0.05, 0.1) is 17.2 Å². The number of nitrogens with zero attached hydrogens (tertiary/aromatic N) is 5. The maximum atomic E-state index is 12.6. The third-order valence-corrected chi connectivity index (χ3v) is 5.44. The summed E-state index contributed by atoms with van der Waals surface area (Å²) in [6, 6.07) is 7.25. The lowest BCUT2D eigenvalue weighted by Gasteiger charge is -2.37. The Balaban J connectivity index is 1.55. The zero-order valence-corrected chi connectivity index (χ0v) is 16.8. The van der Waals surface area contributed by atoms with Crippen LogP contribution in [0.4, 0.5) is 11.5 Å². The van der Waals surface area contributed by atoms with Crippen LogP contribution in [0.25, 0.3) is 10.9 Å². The zero-order valence-electron chi connectivity index (χ0n) is 16.8. The molecule has 152 valence electrons. The Bertz CT molecular complexity index is 1200. The molecule has 0 bridgehead atoms. The summed E-state index contributed by atoms with van der Waals surface area (Å²) in [5.74, 6) is 0.548. The minimum atomic E-state index is -0.414. The average Bonchev–Trinajstić information content (AvgIpc) is 2.71. The summed E-state index contributed by atoms with van der Waals surface area (Å²) >= 11 is 0. The van der Waals surface area contributed by atoms with Crippen molar-refractivity contribution in [2.45, 2.75) is 19.9 Å². The molecule has 0 spiro atoms. The van der Waals surface area contributed by atoms with Gasteiger partial charge in [-0.15, -0.1) is 0 Å². The minimum absolute atomic E-state index is 0.0315. The van der Waals surface area contributed by atoms with Crippen LogP contribution in [0.5, 0.6) is 0 Å². The molecule has 29 heavy (non-hydrogen) atoms. The second kappa shape index (κ2) is 7.23. The molecule has 1 N–H and O–H groups in total. The van der Waals surface area contributed by atoms with Crippen LogP contribution in [-0.2, 0) is 7.05 Å². The van der Waals surface area contributed by atoms with E-state index in [0.29, 0.717) is 29.8 Å². The standard InChI is InChI=1S/C20H24N6O3/c1-13(2)26-12-21-16-10-14(4-5-15(16)19(26)28)24-6-8-25(9-7-24)17-11-18(27)23(3)20(29)22-17/h4-5,10-13H,6-9H2,1-3H3,(H,22,29). The van der Waals surface area contributed by atoms with E-state index in [0.717, 1.165) is 23.3 Å². The molecular formula is C20H24N6O3. The molecule has 3 heterocycles. The lowest BCUT2D eigenvalue weighted by Crippen LogP contribution is -2.48. The van der Waals surface area contributed by atoms with E-state index in [-0.39, 0.29) is 17.2 Å². The fourth-order valence-electron chi connectivity index (χ4n) is 3.61. The quantitative estimate of drug-likeness (QED) is 0.700. The van der Waals surface area contributed by atoms with Gasteiger partial charge in [-0.2, -0.15) is 0 Å². The van der Waals surface area contributed by atoms with Crippen LogP contribution in [0.15, 0.2) is 45.0 Å². The molecule has 1 aromatic carbocycles. The Kier molecular flexibility index (Phi) is 4.73. The largest absolute Gasteiger partial charge is 0.368 e. The van der Waals surface area contributed by atoms with E-state index in [2.05, 4.69) is 14.9 Å². The molecule has 0 unspecified atom stereocenters. The highest BCUT2D eigenvalue weighted by atomic mass is 16.2. The van der Waals surface area contributed by atoms with Crippen molar-refractivity contribution in [2.24, 2.45) is 7.05 Å². The third-order valence-electron chi connectivity index (χ3n) is 5.44. The smallest absolute Gasteiger partial charge is 0.329 e. The number of anilines is 2. The molecule has 1 saturated heterocycles. The van der Waals surface area contributed by atoms with Crippen LogP contribution in [0, 0.1) is 0 Å². The van der Waals surface area contributed by atoms with Gasteiger partial charge >= 0.3 is 5.69 Å². The van der Waals surface area contributed by atoms with Gasteiger partial charge in [0.15, 0.2) is 0 Å². The van der Waals surface area contributed by atoms with E-state index >= 15 is 0 Å². The molecule has 0 amide bonds. The minimum Gasteiger partial charge on any atom is -0.368 e. The Morgan fingerprint density at radius 1 is 1.00 bits per heavy atom. The summed E-state index contributed by atoms with van der Waals surface area (Å²) in [5, 5.41) is 0.612. The van der Waals surface area contributed by atoms with Gasteiger partial charge in [0.2, 0.25) is 0 Å². The third kappa shape index (κ3) is 3.43. The Labute approximate surface area is 166 Å². The zero-order chi connectivity index (χ0) is 20.7. The van der Waals surface area contributed by atoms with Crippen LogP contribution >= 0.6 is 0 Å². The summed E-state index contributed by atoms with van der Waals surface area (Å²) in [4.78, 5) is 47.7. The molecule has 0 atom stereocenters. The Morgan fingerprint density at radius 2 is 1.69 bits per heavy atom. The first-order valence-electron chi connectivity index (χ1n) is 9.66. The van der Waals surface area contributed by atoms with Crippen molar-refractivity contribution in [3.05, 3.63) is 61.8 Å². The number of nitrogens with one attached hydrogen (secondary N) is 1. The van der Waals surface area contributed by atoms with E-state index in [1.54, 1.807) is 10.9 Å². The van der Waals surface area contributed by atoms with Crippen LogP contribution < -0.4 is 26.6 Å². The van der Waals surface area contributed by atoms with Crippen LogP contribution in [0.2, 0.25) is 0 Å². The van der Waals surface area contributed by atoms with Gasteiger partial charge in [0.1, 0.15) is 5.82 Å². The SMILES string of the molecule is CC(C)n1cnc2cc(N3CCN(c4cc(=O)n(C)c(=O)[nH]4)CC3)ccc2c1=O. The van der Waals surface area contributed by atoms with Gasteiger partial charge in [-0.25, -0.2) is 9.78 Å². The number of rotatable bonds is 3. The molecule has 1 aliphatic heterocycles. The van der Waals surface area contributed by atoms with E-state index < -0.39 is 5.69 Å². The Hall–Kier alpha value is -3.36. The van der Waals surface area contributed by atoms with Crippen molar-refractivity contribution in [1.82, 2.24) is 19.1 Å². The number of fused-ring (bicyclic) bond motifs is 1. The molecule has 4 rings (SSSR count).